The Morgan fingerprint density at radius 2 is 1.84 bits per heavy atom. The third-order valence-corrected chi connectivity index (χ3v) is 5.87. The minimum atomic E-state index is -0.438. The lowest BCUT2D eigenvalue weighted by molar-refractivity contribution is -0.135. The number of carbonyl (C=O) groups is 2. The van der Waals surface area contributed by atoms with Crippen molar-refractivity contribution >= 4 is 29.4 Å². The standard InChI is InChI=1S/C25H17ClO6/c1-30-15-5-2-13(3-6-15)10-21-24(29)16-7-9-20-23(25(16)32-21)17(12-22(28)31-20)14-4-8-19(27)18(26)11-14/h2-11,17,27H,12H2,1H3/b21-10-. The number of hydrogen-bond acceptors (Lipinski definition) is 6. The van der Waals surface area contributed by atoms with Crippen LogP contribution in [0.4, 0.5) is 0 Å². The smallest absolute Gasteiger partial charge is 0.312 e. The van der Waals surface area contributed by atoms with E-state index in [0.29, 0.717) is 33.9 Å². The molecule has 7 heteroatoms. The van der Waals surface area contributed by atoms with Gasteiger partial charge in [0.2, 0.25) is 5.78 Å². The number of Topliss-reactive ketones (excluding diaryl/α,β-unsaturated/α-hetero) is 1. The van der Waals surface area contributed by atoms with Crippen molar-refractivity contribution in [1.29, 1.82) is 0 Å². The largest absolute Gasteiger partial charge is 0.506 e. The summed E-state index contributed by atoms with van der Waals surface area (Å²) in [5.41, 5.74) is 2.50. The molecular weight excluding hydrogens is 432 g/mol. The Kier molecular flexibility index (Phi) is 4.87. The van der Waals surface area contributed by atoms with Gasteiger partial charge in [0.25, 0.3) is 0 Å². The normalized spacial score (nSPS) is 18.1. The van der Waals surface area contributed by atoms with E-state index >= 15 is 0 Å². The summed E-state index contributed by atoms with van der Waals surface area (Å²) in [4.78, 5) is 25.3. The van der Waals surface area contributed by atoms with Crippen LogP contribution in [0.1, 0.15) is 39.4 Å². The molecule has 2 aliphatic heterocycles. The van der Waals surface area contributed by atoms with Crippen molar-refractivity contribution in [3.8, 4) is 23.0 Å². The molecule has 6 nitrogen and oxygen atoms in total. The molecule has 0 aromatic heterocycles. The van der Waals surface area contributed by atoms with E-state index in [1.54, 1.807) is 49.6 Å². The minimum absolute atomic E-state index is 0.0524. The van der Waals surface area contributed by atoms with Gasteiger partial charge in [-0.05, 0) is 53.6 Å². The molecule has 0 radical (unpaired) electrons. The number of methoxy groups -OCH3 is 1. The topological polar surface area (TPSA) is 82.1 Å². The fourth-order valence-electron chi connectivity index (χ4n) is 3.98. The van der Waals surface area contributed by atoms with E-state index in [1.807, 2.05) is 12.1 Å². The van der Waals surface area contributed by atoms with Crippen molar-refractivity contribution in [2.24, 2.45) is 0 Å². The quantitative estimate of drug-likeness (QED) is 0.340. The van der Waals surface area contributed by atoms with Crippen LogP contribution >= 0.6 is 11.6 Å². The van der Waals surface area contributed by atoms with Gasteiger partial charge in [0, 0.05) is 11.5 Å². The molecule has 2 aliphatic rings. The van der Waals surface area contributed by atoms with Crippen molar-refractivity contribution in [1.82, 2.24) is 0 Å². The zero-order valence-electron chi connectivity index (χ0n) is 16.9. The fourth-order valence-corrected chi connectivity index (χ4v) is 4.17. The molecule has 0 saturated carbocycles. The summed E-state index contributed by atoms with van der Waals surface area (Å²) in [5.74, 6) is 0.457. The number of fused-ring (bicyclic) bond motifs is 3. The molecule has 2 heterocycles. The minimum Gasteiger partial charge on any atom is -0.506 e. The summed E-state index contributed by atoms with van der Waals surface area (Å²) in [5, 5.41) is 9.95. The van der Waals surface area contributed by atoms with Crippen LogP contribution in [0.5, 0.6) is 23.0 Å². The number of benzene rings is 3. The van der Waals surface area contributed by atoms with Gasteiger partial charge in [-0.2, -0.15) is 0 Å². The van der Waals surface area contributed by atoms with Crippen LogP contribution in [-0.4, -0.2) is 24.0 Å². The van der Waals surface area contributed by atoms with Crippen LogP contribution in [0.3, 0.4) is 0 Å². The number of carbonyl (C=O) groups excluding carboxylic acids is 2. The molecule has 160 valence electrons. The number of phenols is 1. The molecule has 0 amide bonds. The van der Waals surface area contributed by atoms with Crippen molar-refractivity contribution < 1.29 is 28.9 Å². The van der Waals surface area contributed by atoms with Crippen LogP contribution in [0.15, 0.2) is 60.4 Å². The number of ether oxygens (including phenoxy) is 3. The van der Waals surface area contributed by atoms with Crippen LogP contribution in [-0.2, 0) is 4.79 Å². The maximum absolute atomic E-state index is 13.0. The molecule has 1 N–H and O–H groups in total. The third kappa shape index (κ3) is 3.39. The number of ketones is 1. The Hall–Kier alpha value is -3.77. The van der Waals surface area contributed by atoms with E-state index in [9.17, 15) is 14.7 Å². The highest BCUT2D eigenvalue weighted by atomic mass is 35.5. The molecule has 0 aliphatic carbocycles. The zero-order valence-corrected chi connectivity index (χ0v) is 17.7. The maximum Gasteiger partial charge on any atom is 0.312 e. The number of rotatable bonds is 3. The second-order valence-electron chi connectivity index (χ2n) is 7.51. The number of hydrogen-bond donors (Lipinski definition) is 1. The van der Waals surface area contributed by atoms with Crippen molar-refractivity contribution in [3.63, 3.8) is 0 Å². The van der Waals surface area contributed by atoms with Gasteiger partial charge in [-0.1, -0.05) is 29.8 Å². The van der Waals surface area contributed by atoms with Crippen molar-refractivity contribution in [2.45, 2.75) is 12.3 Å². The highest BCUT2D eigenvalue weighted by molar-refractivity contribution is 6.32. The van der Waals surface area contributed by atoms with E-state index in [-0.39, 0.29) is 28.7 Å². The second-order valence-corrected chi connectivity index (χ2v) is 7.92. The maximum atomic E-state index is 13.0. The van der Waals surface area contributed by atoms with E-state index in [1.165, 1.54) is 6.07 Å². The van der Waals surface area contributed by atoms with Crippen molar-refractivity contribution in [3.05, 3.63) is 87.6 Å². The first-order valence-corrected chi connectivity index (χ1v) is 10.3. The zero-order chi connectivity index (χ0) is 22.4. The number of halogens is 1. The molecule has 5 rings (SSSR count). The fraction of sp³-hybridized carbons (Fsp3) is 0.120. The average Bonchev–Trinajstić information content (AvgIpc) is 3.10. The highest BCUT2D eigenvalue weighted by Gasteiger charge is 2.38. The lowest BCUT2D eigenvalue weighted by Gasteiger charge is -2.26. The number of aromatic hydroxyl groups is 1. The number of esters is 1. The van der Waals surface area contributed by atoms with Gasteiger partial charge in [-0.15, -0.1) is 0 Å². The van der Waals surface area contributed by atoms with Crippen LogP contribution in [0, 0.1) is 0 Å². The summed E-state index contributed by atoms with van der Waals surface area (Å²) in [6.07, 6.45) is 1.72. The molecule has 32 heavy (non-hydrogen) atoms. The summed E-state index contributed by atoms with van der Waals surface area (Å²) in [6.45, 7) is 0. The van der Waals surface area contributed by atoms with E-state index in [4.69, 9.17) is 25.8 Å². The lowest BCUT2D eigenvalue weighted by atomic mass is 9.84. The Balaban J connectivity index is 1.58. The summed E-state index contributed by atoms with van der Waals surface area (Å²) in [7, 11) is 1.58. The van der Waals surface area contributed by atoms with Gasteiger partial charge in [-0.25, -0.2) is 0 Å². The summed E-state index contributed by atoms with van der Waals surface area (Å²) < 4.78 is 16.6. The van der Waals surface area contributed by atoms with Gasteiger partial charge in [0.15, 0.2) is 5.76 Å². The summed E-state index contributed by atoms with van der Waals surface area (Å²) >= 11 is 6.10. The lowest BCUT2D eigenvalue weighted by Crippen LogP contribution is -2.21. The van der Waals surface area contributed by atoms with Gasteiger partial charge >= 0.3 is 5.97 Å². The predicted molar refractivity (Wildman–Crippen MR) is 118 cm³/mol. The Morgan fingerprint density at radius 1 is 1.06 bits per heavy atom. The van der Waals surface area contributed by atoms with Gasteiger partial charge in [0.1, 0.15) is 23.0 Å². The van der Waals surface area contributed by atoms with Crippen molar-refractivity contribution in [2.75, 3.05) is 7.11 Å². The predicted octanol–water partition coefficient (Wildman–Crippen LogP) is 5.11. The Morgan fingerprint density at radius 3 is 2.56 bits per heavy atom. The highest BCUT2D eigenvalue weighted by Crippen LogP contribution is 2.49. The van der Waals surface area contributed by atoms with Gasteiger partial charge in [-0.3, -0.25) is 9.59 Å². The Bertz CT molecular complexity index is 1290. The number of allylic oxidation sites excluding steroid dienone is 1. The monoisotopic (exact) mass is 448 g/mol. The molecule has 3 aromatic rings. The Labute approximate surface area is 188 Å². The SMILES string of the molecule is COc1ccc(/C=C2\Oc3c(ccc4c3C(c3ccc(O)c(Cl)c3)CC(=O)O4)C2=O)cc1. The van der Waals surface area contributed by atoms with Gasteiger partial charge in [0.05, 0.1) is 24.1 Å². The van der Waals surface area contributed by atoms with E-state index in [2.05, 4.69) is 0 Å². The van der Waals surface area contributed by atoms with E-state index in [0.717, 1.165) is 5.56 Å². The molecule has 0 bridgehead atoms. The first-order chi connectivity index (χ1) is 15.4. The second kappa shape index (κ2) is 7.73. The molecule has 1 unspecified atom stereocenters. The van der Waals surface area contributed by atoms with Gasteiger partial charge < -0.3 is 19.3 Å². The van der Waals surface area contributed by atoms with E-state index < -0.39 is 11.9 Å². The first kappa shape index (κ1) is 20.2. The van der Waals surface area contributed by atoms with Crippen LogP contribution in [0.25, 0.3) is 6.08 Å². The third-order valence-electron chi connectivity index (χ3n) is 5.57. The molecule has 3 aromatic carbocycles. The number of phenolic OH excluding ortho intramolecular Hbond substituents is 1. The molecule has 0 spiro atoms. The first-order valence-electron chi connectivity index (χ1n) is 9.89. The van der Waals surface area contributed by atoms with Crippen LogP contribution in [0.2, 0.25) is 5.02 Å². The molecular formula is C25H17ClO6. The molecule has 0 saturated heterocycles. The summed E-state index contributed by atoms with van der Waals surface area (Å²) in [6, 6.07) is 15.2. The van der Waals surface area contributed by atoms with Crippen LogP contribution < -0.4 is 14.2 Å². The molecule has 0 fully saturated rings. The molecule has 1 atom stereocenters. The average molecular weight is 449 g/mol.